The van der Waals surface area contributed by atoms with Gasteiger partial charge >= 0.3 is 0 Å². The van der Waals surface area contributed by atoms with Gasteiger partial charge < -0.3 is 4.74 Å². The van der Waals surface area contributed by atoms with E-state index < -0.39 is 0 Å². The van der Waals surface area contributed by atoms with Crippen LogP contribution in [0.4, 0.5) is 0 Å². The maximum Gasteiger partial charge on any atom is 0.138 e. The van der Waals surface area contributed by atoms with E-state index in [1.165, 1.54) is 11.1 Å². The Labute approximate surface area is 90.3 Å². The number of benzene rings is 1. The number of rotatable bonds is 2. The zero-order chi connectivity index (χ0) is 10.7. The van der Waals surface area contributed by atoms with Crippen molar-refractivity contribution in [3.63, 3.8) is 0 Å². The van der Waals surface area contributed by atoms with Crippen LogP contribution in [0.1, 0.15) is 24.5 Å². The Balaban J connectivity index is 2.41. The molecule has 2 heteroatoms. The lowest BCUT2D eigenvalue weighted by atomic mass is 10.00. The molecule has 1 heterocycles. The zero-order valence-corrected chi connectivity index (χ0v) is 8.99. The van der Waals surface area contributed by atoms with Crippen LogP contribution in [-0.4, -0.2) is 12.3 Å². The summed E-state index contributed by atoms with van der Waals surface area (Å²) in [4.78, 5) is 4.52. The fraction of sp³-hybridized carbons (Fsp3) is 0.308. The van der Waals surface area contributed by atoms with Crippen molar-refractivity contribution in [3.8, 4) is 0 Å². The maximum absolute atomic E-state index is 5.49. The summed E-state index contributed by atoms with van der Waals surface area (Å²) in [5.41, 5.74) is 3.28. The Morgan fingerprint density at radius 1 is 1.40 bits per heavy atom. The predicted molar refractivity (Wildman–Crippen MR) is 62.1 cm³/mol. The number of hydrogen-bond acceptors (Lipinski definition) is 2. The molecule has 0 unspecified atom stereocenters. The minimum absolute atomic E-state index is 0.611. The van der Waals surface area contributed by atoms with Crippen LogP contribution >= 0.6 is 0 Å². The van der Waals surface area contributed by atoms with Gasteiger partial charge in [-0.05, 0) is 12.0 Å². The average molecular weight is 201 g/mol. The Morgan fingerprint density at radius 2 is 2.20 bits per heavy atom. The number of nitrogens with zero attached hydrogens (tertiary/aromatic N) is 1. The van der Waals surface area contributed by atoms with E-state index in [2.05, 4.69) is 30.6 Å². The quantitative estimate of drug-likeness (QED) is 0.721. The number of hydrogen-bond donors (Lipinski definition) is 0. The molecule has 0 spiro atoms. The van der Waals surface area contributed by atoms with Crippen LogP contribution in [0, 0.1) is 0 Å². The fourth-order valence-corrected chi connectivity index (χ4v) is 1.66. The highest BCUT2D eigenvalue weighted by Gasteiger charge is 2.18. The molecule has 15 heavy (non-hydrogen) atoms. The van der Waals surface area contributed by atoms with Gasteiger partial charge in [-0.25, -0.2) is 0 Å². The van der Waals surface area contributed by atoms with Gasteiger partial charge in [-0.1, -0.05) is 37.8 Å². The molecule has 0 N–H and O–H groups in total. The molecule has 0 fully saturated rings. The molecular formula is C13H15NO. The second-order valence-corrected chi connectivity index (χ2v) is 3.60. The van der Waals surface area contributed by atoms with E-state index >= 15 is 0 Å². The topological polar surface area (TPSA) is 21.6 Å². The minimum Gasteiger partial charge on any atom is -0.487 e. The van der Waals surface area contributed by atoms with Gasteiger partial charge in [0.1, 0.15) is 18.1 Å². The molecule has 0 aromatic heterocycles. The van der Waals surface area contributed by atoms with Crippen LogP contribution in [0.3, 0.4) is 0 Å². The molecular weight excluding hydrogens is 186 g/mol. The average Bonchev–Trinajstić information content (AvgIpc) is 2.28. The van der Waals surface area contributed by atoms with Gasteiger partial charge in [-0.3, -0.25) is 4.99 Å². The molecule has 0 atom stereocenters. The first-order valence-corrected chi connectivity index (χ1v) is 5.27. The third-order valence-electron chi connectivity index (χ3n) is 2.43. The van der Waals surface area contributed by atoms with Gasteiger partial charge in [0.2, 0.25) is 0 Å². The first-order chi connectivity index (χ1) is 7.33. The van der Waals surface area contributed by atoms with Crippen molar-refractivity contribution in [1.29, 1.82) is 0 Å². The summed E-state index contributed by atoms with van der Waals surface area (Å²) in [6, 6.07) is 8.20. The lowest BCUT2D eigenvalue weighted by Gasteiger charge is -2.20. The first kappa shape index (κ1) is 9.97. The van der Waals surface area contributed by atoms with Crippen LogP contribution in [-0.2, 0) is 11.3 Å². The number of fused-ring (bicyclic) bond motifs is 1. The highest BCUT2D eigenvalue weighted by Crippen LogP contribution is 2.22. The standard InChI is InChI=1S/C13H15NO/c1-3-8-14-13-10(2)15-9-11-6-4-5-7-12(11)13/h4-7H,2-3,8-9H2,1H3. The molecule has 1 aromatic carbocycles. The molecule has 1 aliphatic heterocycles. The van der Waals surface area contributed by atoms with E-state index in [1.807, 2.05) is 12.1 Å². The largest absolute Gasteiger partial charge is 0.487 e. The molecule has 0 saturated heterocycles. The third-order valence-corrected chi connectivity index (χ3v) is 2.43. The third kappa shape index (κ3) is 1.94. The van der Waals surface area contributed by atoms with Crippen LogP contribution in [0.25, 0.3) is 0 Å². The van der Waals surface area contributed by atoms with Gasteiger partial charge in [0.15, 0.2) is 0 Å². The summed E-state index contributed by atoms with van der Waals surface area (Å²) in [6.07, 6.45) is 1.04. The maximum atomic E-state index is 5.49. The van der Waals surface area contributed by atoms with Crippen molar-refractivity contribution in [2.24, 2.45) is 4.99 Å². The van der Waals surface area contributed by atoms with Crippen molar-refractivity contribution in [1.82, 2.24) is 0 Å². The summed E-state index contributed by atoms with van der Waals surface area (Å²) < 4.78 is 5.49. The summed E-state index contributed by atoms with van der Waals surface area (Å²) in [7, 11) is 0. The first-order valence-electron chi connectivity index (χ1n) is 5.27. The van der Waals surface area contributed by atoms with Crippen LogP contribution in [0.2, 0.25) is 0 Å². The summed E-state index contributed by atoms with van der Waals surface area (Å²) in [5, 5.41) is 0. The summed E-state index contributed by atoms with van der Waals surface area (Å²) in [5.74, 6) is 0.696. The highest BCUT2D eigenvalue weighted by molar-refractivity contribution is 6.12. The molecule has 0 amide bonds. The molecule has 0 radical (unpaired) electrons. The highest BCUT2D eigenvalue weighted by atomic mass is 16.5. The van der Waals surface area contributed by atoms with E-state index in [0.717, 1.165) is 18.7 Å². The number of ether oxygens (including phenoxy) is 1. The van der Waals surface area contributed by atoms with Gasteiger partial charge in [0.25, 0.3) is 0 Å². The SMILES string of the molecule is C=C1OCc2ccccc2C1=NCCC. The lowest BCUT2D eigenvalue weighted by molar-refractivity contribution is 0.213. The van der Waals surface area contributed by atoms with Crippen molar-refractivity contribution in [2.75, 3.05) is 6.54 Å². The molecule has 2 rings (SSSR count). The van der Waals surface area contributed by atoms with E-state index in [1.54, 1.807) is 0 Å². The Hall–Kier alpha value is -1.57. The molecule has 1 aromatic rings. The lowest BCUT2D eigenvalue weighted by Crippen LogP contribution is -2.17. The van der Waals surface area contributed by atoms with Crippen molar-refractivity contribution >= 4 is 5.71 Å². The van der Waals surface area contributed by atoms with Crippen molar-refractivity contribution < 1.29 is 4.74 Å². The van der Waals surface area contributed by atoms with Gasteiger partial charge in [-0.15, -0.1) is 0 Å². The number of allylic oxidation sites excluding steroid dienone is 1. The second kappa shape index (κ2) is 4.30. The second-order valence-electron chi connectivity index (χ2n) is 3.60. The van der Waals surface area contributed by atoms with E-state index in [9.17, 15) is 0 Å². The summed E-state index contributed by atoms with van der Waals surface area (Å²) in [6.45, 7) is 7.44. The monoisotopic (exact) mass is 201 g/mol. The Morgan fingerprint density at radius 3 is 3.00 bits per heavy atom. The van der Waals surface area contributed by atoms with E-state index in [-0.39, 0.29) is 0 Å². The van der Waals surface area contributed by atoms with Crippen molar-refractivity contribution in [2.45, 2.75) is 20.0 Å². The molecule has 78 valence electrons. The predicted octanol–water partition coefficient (Wildman–Crippen LogP) is 2.93. The van der Waals surface area contributed by atoms with Gasteiger partial charge in [0, 0.05) is 12.1 Å². The minimum atomic E-state index is 0.611. The Kier molecular flexibility index (Phi) is 2.86. The smallest absolute Gasteiger partial charge is 0.138 e. The van der Waals surface area contributed by atoms with E-state index in [4.69, 9.17) is 4.74 Å². The van der Waals surface area contributed by atoms with Gasteiger partial charge in [0.05, 0.1) is 0 Å². The normalized spacial score (nSPS) is 17.4. The van der Waals surface area contributed by atoms with Crippen LogP contribution in [0.5, 0.6) is 0 Å². The molecule has 0 aliphatic carbocycles. The molecule has 2 nitrogen and oxygen atoms in total. The summed E-state index contributed by atoms with van der Waals surface area (Å²) >= 11 is 0. The molecule has 0 saturated carbocycles. The molecule has 1 aliphatic rings. The Bertz CT molecular complexity index is 407. The fourth-order valence-electron chi connectivity index (χ4n) is 1.66. The zero-order valence-electron chi connectivity index (χ0n) is 8.99. The number of aliphatic imine (C=N–C) groups is 1. The van der Waals surface area contributed by atoms with Gasteiger partial charge in [-0.2, -0.15) is 0 Å². The van der Waals surface area contributed by atoms with Crippen molar-refractivity contribution in [3.05, 3.63) is 47.7 Å². The molecule has 0 bridgehead atoms. The van der Waals surface area contributed by atoms with Crippen LogP contribution < -0.4 is 0 Å². The van der Waals surface area contributed by atoms with Crippen LogP contribution in [0.15, 0.2) is 41.6 Å². The van der Waals surface area contributed by atoms with E-state index in [0.29, 0.717) is 12.4 Å².